The fourth-order valence-electron chi connectivity index (χ4n) is 6.16. The van der Waals surface area contributed by atoms with Crippen LogP contribution >= 0.6 is 11.6 Å². The lowest BCUT2D eigenvalue weighted by Crippen LogP contribution is -2.58. The van der Waals surface area contributed by atoms with E-state index in [0.29, 0.717) is 18.6 Å². The van der Waals surface area contributed by atoms with E-state index in [1.807, 2.05) is 0 Å². The van der Waals surface area contributed by atoms with E-state index in [1.54, 1.807) is 13.8 Å². The molecule has 2 aromatic carbocycles. The molecule has 14 heteroatoms. The van der Waals surface area contributed by atoms with Crippen LogP contribution in [0.4, 0.5) is 18.9 Å². The summed E-state index contributed by atoms with van der Waals surface area (Å²) in [7, 11) is -4.16. The number of carbonyl (C=O) groups excluding carboxylic acids is 2. The van der Waals surface area contributed by atoms with E-state index in [4.69, 9.17) is 11.6 Å². The summed E-state index contributed by atoms with van der Waals surface area (Å²) in [4.78, 5) is 25.1. The third-order valence-corrected chi connectivity index (χ3v) is 11.5. The molecule has 2 amide bonds. The number of carbonyl (C=O) groups is 2. The SMILES string of the molecule is CCC1C[C@@H](S(=O)(=O)c2cc(C(=O)Nc3cc(F)c(F)c(F)c3)ccc2Cl)C[C@H](C)[C@@]1(O)CNC(=O)C1C[C@@H](O)[C@@H](O)C1. The minimum absolute atomic E-state index is 0.0208. The second kappa shape index (κ2) is 12.7. The van der Waals surface area contributed by atoms with Crippen LogP contribution in [-0.4, -0.2) is 65.2 Å². The number of nitrogens with one attached hydrogen (secondary N) is 2. The molecule has 0 radical (unpaired) electrons. The summed E-state index contributed by atoms with van der Waals surface area (Å²) in [5.41, 5.74) is -1.98. The van der Waals surface area contributed by atoms with Crippen molar-refractivity contribution in [3.63, 3.8) is 0 Å². The molecular weight excluding hydrogens is 613 g/mol. The fourth-order valence-corrected chi connectivity index (χ4v) is 8.62. The van der Waals surface area contributed by atoms with Gasteiger partial charge in [-0.3, -0.25) is 9.59 Å². The fraction of sp³-hybridized carbons (Fsp3) is 0.517. The van der Waals surface area contributed by atoms with Crippen LogP contribution in [0, 0.1) is 35.2 Å². The van der Waals surface area contributed by atoms with E-state index in [0.717, 1.165) is 6.07 Å². The van der Waals surface area contributed by atoms with Gasteiger partial charge in [0.2, 0.25) is 5.91 Å². The summed E-state index contributed by atoms with van der Waals surface area (Å²) in [6.07, 6.45) is -1.32. The van der Waals surface area contributed by atoms with Gasteiger partial charge >= 0.3 is 0 Å². The highest BCUT2D eigenvalue weighted by molar-refractivity contribution is 7.92. The molecular formula is C29H34ClF3N2O7S. The second-order valence-electron chi connectivity index (χ2n) is 11.5. The zero-order valence-electron chi connectivity index (χ0n) is 23.5. The lowest BCUT2D eigenvalue weighted by atomic mass is 9.67. The van der Waals surface area contributed by atoms with Crippen molar-refractivity contribution in [1.82, 2.24) is 5.32 Å². The largest absolute Gasteiger partial charge is 0.390 e. The van der Waals surface area contributed by atoms with Crippen molar-refractivity contribution in [2.75, 3.05) is 11.9 Å². The van der Waals surface area contributed by atoms with Gasteiger partial charge < -0.3 is 26.0 Å². The van der Waals surface area contributed by atoms with Gasteiger partial charge in [0.1, 0.15) is 0 Å². The van der Waals surface area contributed by atoms with Gasteiger partial charge in [0.25, 0.3) is 5.91 Å². The van der Waals surface area contributed by atoms with Gasteiger partial charge in [-0.25, -0.2) is 21.6 Å². The molecule has 9 nitrogen and oxygen atoms in total. The Bertz CT molecular complexity index is 1480. The number of hydrogen-bond acceptors (Lipinski definition) is 7. The highest BCUT2D eigenvalue weighted by atomic mass is 35.5. The van der Waals surface area contributed by atoms with Crippen molar-refractivity contribution in [1.29, 1.82) is 0 Å². The average molecular weight is 647 g/mol. The number of anilines is 1. The second-order valence-corrected chi connectivity index (χ2v) is 14.1. The van der Waals surface area contributed by atoms with Crippen LogP contribution in [0.3, 0.4) is 0 Å². The summed E-state index contributed by atoms with van der Waals surface area (Å²) in [6.45, 7) is 3.34. The Balaban J connectivity index is 1.51. The van der Waals surface area contributed by atoms with Crippen molar-refractivity contribution in [2.24, 2.45) is 17.8 Å². The summed E-state index contributed by atoms with van der Waals surface area (Å²) in [6, 6.07) is 4.67. The molecule has 0 aromatic heterocycles. The third kappa shape index (κ3) is 6.70. The number of rotatable bonds is 8. The first-order chi connectivity index (χ1) is 20.1. The normalized spacial score (nSPS) is 29.3. The number of sulfone groups is 1. The van der Waals surface area contributed by atoms with Crippen molar-refractivity contribution in [2.45, 2.75) is 73.9 Å². The van der Waals surface area contributed by atoms with Crippen LogP contribution in [0.1, 0.15) is 56.3 Å². The molecule has 2 aromatic rings. The van der Waals surface area contributed by atoms with E-state index < -0.39 is 79.9 Å². The molecule has 2 aliphatic carbocycles. The van der Waals surface area contributed by atoms with Crippen LogP contribution in [0.15, 0.2) is 35.2 Å². The molecule has 7 atom stereocenters. The molecule has 0 aliphatic heterocycles. The molecule has 2 fully saturated rings. The lowest BCUT2D eigenvalue weighted by molar-refractivity contribution is -0.130. The highest BCUT2D eigenvalue weighted by Crippen LogP contribution is 2.44. The molecule has 43 heavy (non-hydrogen) atoms. The molecule has 4 rings (SSSR count). The third-order valence-electron chi connectivity index (χ3n) is 8.81. The first-order valence-corrected chi connectivity index (χ1v) is 15.9. The van der Waals surface area contributed by atoms with Gasteiger partial charge in [0.15, 0.2) is 27.3 Å². The summed E-state index contributed by atoms with van der Waals surface area (Å²) < 4.78 is 68.1. The van der Waals surface area contributed by atoms with Gasteiger partial charge in [-0.1, -0.05) is 31.9 Å². The minimum Gasteiger partial charge on any atom is -0.390 e. The van der Waals surface area contributed by atoms with Crippen molar-refractivity contribution in [3.8, 4) is 0 Å². The Labute approximate surface area is 252 Å². The van der Waals surface area contributed by atoms with Crippen LogP contribution in [0.5, 0.6) is 0 Å². The first kappa shape index (κ1) is 33.2. The Kier molecular flexibility index (Phi) is 9.82. The Morgan fingerprint density at radius 1 is 1.02 bits per heavy atom. The van der Waals surface area contributed by atoms with Crippen LogP contribution < -0.4 is 10.6 Å². The number of halogens is 4. The minimum atomic E-state index is -4.16. The number of aliphatic hydroxyl groups is 3. The Hall–Kier alpha value is -2.71. The number of amides is 2. The van der Waals surface area contributed by atoms with Gasteiger partial charge in [-0.15, -0.1) is 0 Å². The molecule has 2 saturated carbocycles. The maximum absolute atomic E-state index is 13.8. The zero-order chi connectivity index (χ0) is 31.9. The predicted molar refractivity (Wildman–Crippen MR) is 152 cm³/mol. The molecule has 2 aliphatic rings. The monoisotopic (exact) mass is 646 g/mol. The summed E-state index contributed by atoms with van der Waals surface area (Å²) >= 11 is 6.27. The van der Waals surface area contributed by atoms with Gasteiger partial charge in [0, 0.05) is 35.8 Å². The molecule has 236 valence electrons. The van der Waals surface area contributed by atoms with Crippen LogP contribution in [0.2, 0.25) is 5.02 Å². The Morgan fingerprint density at radius 2 is 1.63 bits per heavy atom. The first-order valence-electron chi connectivity index (χ1n) is 13.9. The van der Waals surface area contributed by atoms with Crippen molar-refractivity contribution >= 4 is 38.9 Å². The van der Waals surface area contributed by atoms with Crippen LogP contribution in [0.25, 0.3) is 0 Å². The molecule has 0 heterocycles. The highest BCUT2D eigenvalue weighted by Gasteiger charge is 2.50. The van der Waals surface area contributed by atoms with Crippen molar-refractivity contribution < 1.29 is 46.5 Å². The number of aliphatic hydroxyl groups excluding tert-OH is 2. The summed E-state index contributed by atoms with van der Waals surface area (Å²) in [5, 5.41) is 35.0. The van der Waals surface area contributed by atoms with E-state index in [1.165, 1.54) is 12.1 Å². The van der Waals surface area contributed by atoms with E-state index in [9.17, 15) is 46.5 Å². The molecule has 2 unspecified atom stereocenters. The zero-order valence-corrected chi connectivity index (χ0v) is 25.1. The maximum Gasteiger partial charge on any atom is 0.255 e. The predicted octanol–water partition coefficient (Wildman–Crippen LogP) is 3.59. The Morgan fingerprint density at radius 3 is 2.21 bits per heavy atom. The maximum atomic E-state index is 13.8. The van der Waals surface area contributed by atoms with Gasteiger partial charge in [-0.05, 0) is 55.7 Å². The standard InChI is InChI=1S/C29H34ClF3N2O7S/c1-3-17-10-19(6-14(2)29(17,40)13-34-27(38)16-7-23(36)24(37)8-16)43(41,42)25-9-15(4-5-20(25)30)28(39)35-18-11-21(31)26(33)22(32)12-18/h4-5,9,11-12,14,16-17,19,23-24,36-37,40H,3,6-8,10,13H2,1-2H3,(H,34,38)(H,35,39)/t14-,16?,17?,19-,23-,24+,29-/m0/s1. The van der Waals surface area contributed by atoms with Crippen LogP contribution in [-0.2, 0) is 14.6 Å². The molecule has 5 N–H and O–H groups in total. The molecule has 0 spiro atoms. The van der Waals surface area contributed by atoms with Gasteiger partial charge in [-0.2, -0.15) is 0 Å². The van der Waals surface area contributed by atoms with E-state index >= 15 is 0 Å². The smallest absolute Gasteiger partial charge is 0.255 e. The van der Waals surface area contributed by atoms with E-state index in [-0.39, 0.29) is 53.4 Å². The topological polar surface area (TPSA) is 153 Å². The lowest BCUT2D eigenvalue weighted by Gasteiger charge is -2.47. The van der Waals surface area contributed by atoms with Crippen molar-refractivity contribution in [3.05, 3.63) is 58.4 Å². The van der Waals surface area contributed by atoms with Gasteiger partial charge in [0.05, 0.1) is 33.0 Å². The number of benzene rings is 2. The quantitative estimate of drug-likeness (QED) is 0.275. The van der Waals surface area contributed by atoms with E-state index in [2.05, 4.69) is 10.6 Å². The molecule has 0 saturated heterocycles. The molecule has 0 bridgehead atoms. The number of hydrogen-bond donors (Lipinski definition) is 5. The summed E-state index contributed by atoms with van der Waals surface area (Å²) in [5.74, 6) is -7.77. The average Bonchev–Trinajstić information content (AvgIpc) is 3.29.